The molecule has 0 bridgehead atoms. The van der Waals surface area contributed by atoms with Crippen molar-refractivity contribution < 1.29 is 14.0 Å². The molecule has 192 valence electrons. The molecule has 1 fully saturated rings. The zero-order valence-electron chi connectivity index (χ0n) is 20.6. The highest BCUT2D eigenvalue weighted by Crippen LogP contribution is 2.38. The third-order valence-corrected chi connectivity index (χ3v) is 8.87. The number of rotatable bonds is 7. The van der Waals surface area contributed by atoms with Crippen molar-refractivity contribution >= 4 is 40.9 Å². The first-order valence-electron chi connectivity index (χ1n) is 12.8. The molecule has 1 saturated carbocycles. The van der Waals surface area contributed by atoms with Crippen LogP contribution in [0.1, 0.15) is 59.5 Å². The van der Waals surface area contributed by atoms with Gasteiger partial charge in [0.05, 0.1) is 18.0 Å². The van der Waals surface area contributed by atoms with E-state index < -0.39 is 5.82 Å². The zero-order valence-corrected chi connectivity index (χ0v) is 22.2. The summed E-state index contributed by atoms with van der Waals surface area (Å²) in [6.45, 7) is 0.577. The summed E-state index contributed by atoms with van der Waals surface area (Å²) < 4.78 is 14.5. The van der Waals surface area contributed by atoms with E-state index in [1.807, 2.05) is 12.1 Å². The van der Waals surface area contributed by atoms with Gasteiger partial charge in [0.25, 0.3) is 5.91 Å². The fourth-order valence-corrected chi connectivity index (χ4v) is 6.60. The summed E-state index contributed by atoms with van der Waals surface area (Å²) in [4.78, 5) is 28.6. The number of carbonyl (C=O) groups is 2. The van der Waals surface area contributed by atoms with E-state index in [0.29, 0.717) is 23.7 Å². The van der Waals surface area contributed by atoms with E-state index in [-0.39, 0.29) is 40.6 Å². The van der Waals surface area contributed by atoms with Gasteiger partial charge in [-0.2, -0.15) is 0 Å². The Balaban J connectivity index is 1.36. The summed E-state index contributed by atoms with van der Waals surface area (Å²) >= 11 is 7.67. The number of benzene rings is 3. The summed E-state index contributed by atoms with van der Waals surface area (Å²) in [6.07, 6.45) is 6.12. The average Bonchev–Trinajstić information content (AvgIpc) is 2.93. The SMILES string of the molecule is O=C(NCC(c1ccccc1)C1CCCCC1)c1ccc2c(c1)N(Cc1c(F)cccc1Cl)C(=O)CS2. The standard InChI is InChI=1S/C30H30ClFN2O2S/c31-25-12-7-13-26(32)24(25)18-34-27-16-22(14-15-28(27)37-19-29(34)35)30(36)33-17-23(20-8-3-1-4-9-20)21-10-5-2-6-11-21/h1,3-4,7-9,12-16,21,23H,2,5-6,10-11,17-19H2,(H,33,36). The Morgan fingerprint density at radius 3 is 2.59 bits per heavy atom. The van der Waals surface area contributed by atoms with Gasteiger partial charge in [-0.3, -0.25) is 9.59 Å². The second kappa shape index (κ2) is 11.7. The molecule has 7 heteroatoms. The van der Waals surface area contributed by atoms with Gasteiger partial charge in [-0.1, -0.05) is 67.3 Å². The number of halogens is 2. The average molecular weight is 537 g/mol. The number of anilines is 1. The topological polar surface area (TPSA) is 49.4 Å². The first kappa shape index (κ1) is 25.8. The summed E-state index contributed by atoms with van der Waals surface area (Å²) in [7, 11) is 0. The van der Waals surface area contributed by atoms with E-state index in [0.717, 1.165) is 4.90 Å². The normalized spacial score (nSPS) is 16.8. The number of amides is 2. The molecule has 1 atom stereocenters. The van der Waals surface area contributed by atoms with Crippen molar-refractivity contribution in [2.75, 3.05) is 17.2 Å². The van der Waals surface area contributed by atoms with E-state index >= 15 is 0 Å². The minimum absolute atomic E-state index is 0.0146. The van der Waals surface area contributed by atoms with Crippen LogP contribution in [0.4, 0.5) is 10.1 Å². The molecule has 4 nitrogen and oxygen atoms in total. The molecule has 1 N–H and O–H groups in total. The molecule has 1 heterocycles. The molecule has 2 amide bonds. The van der Waals surface area contributed by atoms with Crippen LogP contribution >= 0.6 is 23.4 Å². The number of fused-ring (bicyclic) bond motifs is 1. The lowest BCUT2D eigenvalue weighted by Crippen LogP contribution is -2.36. The van der Waals surface area contributed by atoms with Gasteiger partial charge in [0, 0.05) is 33.5 Å². The van der Waals surface area contributed by atoms with Crippen LogP contribution in [-0.2, 0) is 11.3 Å². The van der Waals surface area contributed by atoms with E-state index in [1.165, 1.54) is 60.4 Å². The lowest BCUT2D eigenvalue weighted by molar-refractivity contribution is -0.116. The van der Waals surface area contributed by atoms with Gasteiger partial charge in [-0.15, -0.1) is 11.8 Å². The Hall–Kier alpha value is -2.83. The van der Waals surface area contributed by atoms with Crippen molar-refractivity contribution in [1.29, 1.82) is 0 Å². The monoisotopic (exact) mass is 536 g/mol. The van der Waals surface area contributed by atoms with Gasteiger partial charge in [-0.05, 0) is 54.7 Å². The van der Waals surface area contributed by atoms with Crippen molar-refractivity contribution in [1.82, 2.24) is 5.32 Å². The molecule has 1 unspecified atom stereocenters. The van der Waals surface area contributed by atoms with Crippen LogP contribution in [0, 0.1) is 11.7 Å². The van der Waals surface area contributed by atoms with Gasteiger partial charge in [0.1, 0.15) is 5.82 Å². The Bertz CT molecular complexity index is 1260. The smallest absolute Gasteiger partial charge is 0.251 e. The second-order valence-electron chi connectivity index (χ2n) is 9.78. The third-order valence-electron chi connectivity index (χ3n) is 7.47. The van der Waals surface area contributed by atoms with Crippen molar-refractivity contribution in [2.45, 2.75) is 49.5 Å². The maximum atomic E-state index is 14.5. The molecule has 1 aliphatic heterocycles. The zero-order chi connectivity index (χ0) is 25.8. The van der Waals surface area contributed by atoms with E-state index in [4.69, 9.17) is 11.6 Å². The van der Waals surface area contributed by atoms with Gasteiger partial charge < -0.3 is 10.2 Å². The number of hydrogen-bond donors (Lipinski definition) is 1. The number of nitrogens with one attached hydrogen (secondary N) is 1. The van der Waals surface area contributed by atoms with Crippen LogP contribution in [0.15, 0.2) is 71.6 Å². The summed E-state index contributed by atoms with van der Waals surface area (Å²) in [5, 5.41) is 3.44. The van der Waals surface area contributed by atoms with Crippen molar-refractivity contribution in [3.63, 3.8) is 0 Å². The number of carbonyl (C=O) groups excluding carboxylic acids is 2. The van der Waals surface area contributed by atoms with Gasteiger partial charge in [0.2, 0.25) is 5.91 Å². The van der Waals surface area contributed by atoms with Crippen molar-refractivity contribution in [3.05, 3.63) is 94.3 Å². The minimum Gasteiger partial charge on any atom is -0.351 e. The van der Waals surface area contributed by atoms with Gasteiger partial charge in [0.15, 0.2) is 0 Å². The number of hydrogen-bond acceptors (Lipinski definition) is 3. The maximum Gasteiger partial charge on any atom is 0.251 e. The third kappa shape index (κ3) is 5.86. The Morgan fingerprint density at radius 1 is 1.05 bits per heavy atom. The van der Waals surface area contributed by atoms with Crippen LogP contribution in [0.3, 0.4) is 0 Å². The molecule has 0 radical (unpaired) electrons. The van der Waals surface area contributed by atoms with Crippen LogP contribution in [0.25, 0.3) is 0 Å². The van der Waals surface area contributed by atoms with Crippen molar-refractivity contribution in [3.8, 4) is 0 Å². The van der Waals surface area contributed by atoms with Crippen LogP contribution in [0.5, 0.6) is 0 Å². The predicted octanol–water partition coefficient (Wildman–Crippen LogP) is 7.21. The molecular weight excluding hydrogens is 507 g/mol. The molecule has 1 aliphatic carbocycles. The van der Waals surface area contributed by atoms with E-state index in [9.17, 15) is 14.0 Å². The predicted molar refractivity (Wildman–Crippen MR) is 148 cm³/mol. The molecule has 2 aliphatic rings. The minimum atomic E-state index is -0.455. The first-order valence-corrected chi connectivity index (χ1v) is 14.2. The van der Waals surface area contributed by atoms with Crippen LogP contribution < -0.4 is 10.2 Å². The fraction of sp³-hybridized carbons (Fsp3) is 0.333. The van der Waals surface area contributed by atoms with Crippen molar-refractivity contribution in [2.24, 2.45) is 5.92 Å². The molecule has 37 heavy (non-hydrogen) atoms. The molecule has 0 aromatic heterocycles. The lowest BCUT2D eigenvalue weighted by Gasteiger charge is -2.31. The highest BCUT2D eigenvalue weighted by molar-refractivity contribution is 8.00. The first-order chi connectivity index (χ1) is 18.0. The Labute approximate surface area is 226 Å². The Morgan fingerprint density at radius 2 is 1.84 bits per heavy atom. The molecule has 0 saturated heterocycles. The lowest BCUT2D eigenvalue weighted by atomic mass is 9.76. The summed E-state index contributed by atoms with van der Waals surface area (Å²) in [6, 6.07) is 20.3. The molecular formula is C30H30ClFN2O2S. The molecule has 0 spiro atoms. The molecule has 3 aromatic carbocycles. The fourth-order valence-electron chi connectivity index (χ4n) is 5.46. The second-order valence-corrected chi connectivity index (χ2v) is 11.2. The molecule has 3 aromatic rings. The van der Waals surface area contributed by atoms with E-state index in [1.54, 1.807) is 24.3 Å². The van der Waals surface area contributed by atoms with Gasteiger partial charge >= 0.3 is 0 Å². The highest BCUT2D eigenvalue weighted by atomic mass is 35.5. The largest absolute Gasteiger partial charge is 0.351 e. The Kier molecular flexibility index (Phi) is 8.16. The number of nitrogens with zero attached hydrogens (tertiary/aromatic N) is 1. The quantitative estimate of drug-likeness (QED) is 0.347. The maximum absolute atomic E-state index is 14.5. The van der Waals surface area contributed by atoms with Crippen LogP contribution in [-0.4, -0.2) is 24.1 Å². The number of thioether (sulfide) groups is 1. The van der Waals surface area contributed by atoms with Crippen LogP contribution in [0.2, 0.25) is 5.02 Å². The highest BCUT2D eigenvalue weighted by Gasteiger charge is 2.29. The van der Waals surface area contributed by atoms with Gasteiger partial charge in [-0.25, -0.2) is 4.39 Å². The summed E-state index contributed by atoms with van der Waals surface area (Å²) in [5.74, 6) is 0.297. The molecule has 5 rings (SSSR count). The summed E-state index contributed by atoms with van der Waals surface area (Å²) in [5.41, 5.74) is 2.62. The van der Waals surface area contributed by atoms with E-state index in [2.05, 4.69) is 29.6 Å².